The second-order valence-electron chi connectivity index (χ2n) is 3.88. The van der Waals surface area contributed by atoms with Crippen LogP contribution in [0.4, 0.5) is 0 Å². The van der Waals surface area contributed by atoms with Crippen LogP contribution in [0.25, 0.3) is 0 Å². The van der Waals surface area contributed by atoms with Crippen LogP contribution in [0.5, 0.6) is 0 Å². The van der Waals surface area contributed by atoms with E-state index in [9.17, 15) is 0 Å². The third kappa shape index (κ3) is 2.36. The molecule has 2 rings (SSSR count). The standard InChI is InChI=1S/C11H17NO2/c12-10-5-1-2-6-11(10)14-8-9-4-3-7-13-9/h3-4,7,10-11H,1-2,5-6,8,12H2. The summed E-state index contributed by atoms with van der Waals surface area (Å²) in [5.41, 5.74) is 5.96. The van der Waals surface area contributed by atoms with Crippen molar-refractivity contribution in [3.8, 4) is 0 Å². The van der Waals surface area contributed by atoms with Gasteiger partial charge in [0.05, 0.1) is 12.4 Å². The van der Waals surface area contributed by atoms with Crippen LogP contribution in [0, 0.1) is 0 Å². The first-order valence-corrected chi connectivity index (χ1v) is 5.26. The van der Waals surface area contributed by atoms with Gasteiger partial charge < -0.3 is 14.9 Å². The first-order chi connectivity index (χ1) is 6.86. The molecule has 0 saturated heterocycles. The first-order valence-electron chi connectivity index (χ1n) is 5.26. The largest absolute Gasteiger partial charge is 0.467 e. The highest BCUT2D eigenvalue weighted by Crippen LogP contribution is 2.20. The lowest BCUT2D eigenvalue weighted by Gasteiger charge is -2.28. The third-order valence-electron chi connectivity index (χ3n) is 2.77. The lowest BCUT2D eigenvalue weighted by atomic mass is 9.93. The van der Waals surface area contributed by atoms with Crippen molar-refractivity contribution in [2.24, 2.45) is 5.73 Å². The summed E-state index contributed by atoms with van der Waals surface area (Å²) in [6.45, 7) is 0.547. The molecule has 1 saturated carbocycles. The number of nitrogens with two attached hydrogens (primary N) is 1. The molecule has 0 amide bonds. The second-order valence-corrected chi connectivity index (χ2v) is 3.88. The number of ether oxygens (including phenoxy) is 1. The SMILES string of the molecule is NC1CCCCC1OCc1ccco1. The molecule has 0 aromatic carbocycles. The smallest absolute Gasteiger partial charge is 0.129 e. The molecule has 2 unspecified atom stereocenters. The summed E-state index contributed by atoms with van der Waals surface area (Å²) >= 11 is 0. The van der Waals surface area contributed by atoms with E-state index in [2.05, 4.69) is 0 Å². The topological polar surface area (TPSA) is 48.4 Å². The van der Waals surface area contributed by atoms with E-state index in [0.29, 0.717) is 6.61 Å². The molecule has 78 valence electrons. The highest BCUT2D eigenvalue weighted by atomic mass is 16.5. The maximum atomic E-state index is 5.96. The third-order valence-corrected chi connectivity index (χ3v) is 2.77. The van der Waals surface area contributed by atoms with Gasteiger partial charge in [0.15, 0.2) is 0 Å². The minimum Gasteiger partial charge on any atom is -0.467 e. The van der Waals surface area contributed by atoms with Crippen molar-refractivity contribution in [2.75, 3.05) is 0 Å². The molecule has 2 N–H and O–H groups in total. The van der Waals surface area contributed by atoms with Gasteiger partial charge >= 0.3 is 0 Å². The minimum absolute atomic E-state index is 0.207. The van der Waals surface area contributed by atoms with Crippen LogP contribution in [-0.4, -0.2) is 12.1 Å². The van der Waals surface area contributed by atoms with E-state index in [1.807, 2.05) is 12.1 Å². The van der Waals surface area contributed by atoms with E-state index in [-0.39, 0.29) is 12.1 Å². The first kappa shape index (κ1) is 9.74. The molecular weight excluding hydrogens is 178 g/mol. The van der Waals surface area contributed by atoms with Gasteiger partial charge in [0, 0.05) is 6.04 Å². The monoisotopic (exact) mass is 195 g/mol. The van der Waals surface area contributed by atoms with Crippen molar-refractivity contribution in [1.29, 1.82) is 0 Å². The molecule has 1 fully saturated rings. The van der Waals surface area contributed by atoms with Gasteiger partial charge in [-0.05, 0) is 25.0 Å². The molecule has 1 aliphatic carbocycles. The zero-order valence-electron chi connectivity index (χ0n) is 8.32. The number of rotatable bonds is 3. The fourth-order valence-corrected chi connectivity index (χ4v) is 1.92. The molecule has 1 aromatic rings. The van der Waals surface area contributed by atoms with Gasteiger partial charge in [0.2, 0.25) is 0 Å². The van der Waals surface area contributed by atoms with E-state index in [1.54, 1.807) is 6.26 Å². The Morgan fingerprint density at radius 3 is 3.00 bits per heavy atom. The van der Waals surface area contributed by atoms with Gasteiger partial charge in [-0.25, -0.2) is 0 Å². The van der Waals surface area contributed by atoms with Crippen LogP contribution in [0.1, 0.15) is 31.4 Å². The number of furan rings is 1. The Kier molecular flexibility index (Phi) is 3.22. The van der Waals surface area contributed by atoms with Crippen LogP contribution in [0.15, 0.2) is 22.8 Å². The summed E-state index contributed by atoms with van der Waals surface area (Å²) in [7, 11) is 0. The van der Waals surface area contributed by atoms with Crippen molar-refractivity contribution >= 4 is 0 Å². The van der Waals surface area contributed by atoms with Crippen LogP contribution < -0.4 is 5.73 Å². The maximum Gasteiger partial charge on any atom is 0.129 e. The molecule has 3 heteroatoms. The fourth-order valence-electron chi connectivity index (χ4n) is 1.92. The average Bonchev–Trinajstić information content (AvgIpc) is 2.69. The highest BCUT2D eigenvalue weighted by molar-refractivity contribution is 4.96. The van der Waals surface area contributed by atoms with Crippen LogP contribution >= 0.6 is 0 Å². The lowest BCUT2D eigenvalue weighted by Crippen LogP contribution is -2.39. The Labute approximate surface area is 84.2 Å². The van der Waals surface area contributed by atoms with E-state index in [1.165, 1.54) is 12.8 Å². The van der Waals surface area contributed by atoms with Crippen molar-refractivity contribution in [1.82, 2.24) is 0 Å². The van der Waals surface area contributed by atoms with E-state index < -0.39 is 0 Å². The summed E-state index contributed by atoms with van der Waals surface area (Å²) in [5, 5.41) is 0. The van der Waals surface area contributed by atoms with Gasteiger partial charge in [-0.1, -0.05) is 12.8 Å². The van der Waals surface area contributed by atoms with Gasteiger partial charge in [-0.2, -0.15) is 0 Å². The molecule has 0 radical (unpaired) electrons. The Balaban J connectivity index is 1.79. The molecule has 1 aliphatic rings. The Morgan fingerprint density at radius 2 is 2.29 bits per heavy atom. The maximum absolute atomic E-state index is 5.96. The predicted octanol–water partition coefficient (Wildman–Crippen LogP) is 2.07. The molecule has 1 heterocycles. The van der Waals surface area contributed by atoms with Crippen LogP contribution in [-0.2, 0) is 11.3 Å². The molecule has 1 aromatic heterocycles. The Hall–Kier alpha value is -0.800. The quantitative estimate of drug-likeness (QED) is 0.803. The van der Waals surface area contributed by atoms with Gasteiger partial charge in [0.1, 0.15) is 12.4 Å². The van der Waals surface area contributed by atoms with Gasteiger partial charge in [-0.3, -0.25) is 0 Å². The molecule has 0 spiro atoms. The molecule has 14 heavy (non-hydrogen) atoms. The summed E-state index contributed by atoms with van der Waals surface area (Å²) in [6, 6.07) is 4.01. The number of hydrogen-bond acceptors (Lipinski definition) is 3. The van der Waals surface area contributed by atoms with Gasteiger partial charge in [-0.15, -0.1) is 0 Å². The Bertz CT molecular complexity index is 258. The summed E-state index contributed by atoms with van der Waals surface area (Å²) in [6.07, 6.45) is 6.52. The fraction of sp³-hybridized carbons (Fsp3) is 0.636. The minimum atomic E-state index is 0.207. The molecular formula is C11H17NO2. The predicted molar refractivity (Wildman–Crippen MR) is 53.7 cm³/mol. The summed E-state index contributed by atoms with van der Waals surface area (Å²) in [5.74, 6) is 0.878. The normalized spacial score (nSPS) is 27.8. The number of hydrogen-bond donors (Lipinski definition) is 1. The zero-order chi connectivity index (χ0) is 9.80. The van der Waals surface area contributed by atoms with E-state index in [0.717, 1.165) is 18.6 Å². The van der Waals surface area contributed by atoms with Gasteiger partial charge in [0.25, 0.3) is 0 Å². The highest BCUT2D eigenvalue weighted by Gasteiger charge is 2.22. The lowest BCUT2D eigenvalue weighted by molar-refractivity contribution is -0.00332. The second kappa shape index (κ2) is 4.62. The Morgan fingerprint density at radius 1 is 1.43 bits per heavy atom. The average molecular weight is 195 g/mol. The van der Waals surface area contributed by atoms with Crippen molar-refractivity contribution in [2.45, 2.75) is 44.4 Å². The van der Waals surface area contributed by atoms with E-state index >= 15 is 0 Å². The summed E-state index contributed by atoms with van der Waals surface area (Å²) in [4.78, 5) is 0. The van der Waals surface area contributed by atoms with Crippen LogP contribution in [0.3, 0.4) is 0 Å². The summed E-state index contributed by atoms with van der Waals surface area (Å²) < 4.78 is 10.9. The van der Waals surface area contributed by atoms with Crippen LogP contribution in [0.2, 0.25) is 0 Å². The molecule has 2 atom stereocenters. The van der Waals surface area contributed by atoms with Crippen molar-refractivity contribution in [3.05, 3.63) is 24.2 Å². The van der Waals surface area contributed by atoms with Crippen molar-refractivity contribution in [3.63, 3.8) is 0 Å². The molecule has 3 nitrogen and oxygen atoms in total. The van der Waals surface area contributed by atoms with Crippen molar-refractivity contribution < 1.29 is 9.15 Å². The molecule has 0 aliphatic heterocycles. The van der Waals surface area contributed by atoms with E-state index in [4.69, 9.17) is 14.9 Å². The zero-order valence-corrected chi connectivity index (χ0v) is 8.32. The molecule has 0 bridgehead atoms.